The third-order valence-corrected chi connectivity index (χ3v) is 4.77. The second-order valence-electron chi connectivity index (χ2n) is 3.69. The van der Waals surface area contributed by atoms with Gasteiger partial charge in [-0.05, 0) is 30.3 Å². The molecule has 0 unspecified atom stereocenters. The first-order valence-corrected chi connectivity index (χ1v) is 7.43. The van der Waals surface area contributed by atoms with Crippen LogP contribution in [0.1, 0.15) is 5.56 Å². The van der Waals surface area contributed by atoms with E-state index < -0.39 is 21.2 Å². The first-order valence-electron chi connectivity index (χ1n) is 5.16. The molecule has 0 aromatic heterocycles. The van der Waals surface area contributed by atoms with Crippen LogP contribution in [0.3, 0.4) is 0 Å². The van der Waals surface area contributed by atoms with Crippen molar-refractivity contribution < 1.29 is 12.8 Å². The van der Waals surface area contributed by atoms with Gasteiger partial charge in [-0.3, -0.25) is 0 Å². The third kappa shape index (κ3) is 2.53. The van der Waals surface area contributed by atoms with Gasteiger partial charge in [0.15, 0.2) is 0 Å². The molecule has 0 saturated carbocycles. The van der Waals surface area contributed by atoms with Crippen LogP contribution in [0.25, 0.3) is 0 Å². The molecule has 0 aliphatic carbocycles. The fourth-order valence-electron chi connectivity index (χ4n) is 1.60. The maximum Gasteiger partial charge on any atom is 0.208 e. The molecule has 2 aromatic rings. The summed E-state index contributed by atoms with van der Waals surface area (Å²) in [6.07, 6.45) is 0. The number of nitriles is 1. The minimum Gasteiger partial charge on any atom is -0.218 e. The number of hydrogen-bond donors (Lipinski definition) is 0. The average Bonchev–Trinajstić information content (AvgIpc) is 2.38. The summed E-state index contributed by atoms with van der Waals surface area (Å²) in [5.41, 5.74) is -0.470. The van der Waals surface area contributed by atoms with Gasteiger partial charge in [-0.15, -0.1) is 0 Å². The van der Waals surface area contributed by atoms with Crippen molar-refractivity contribution in [2.75, 3.05) is 0 Å². The van der Waals surface area contributed by atoms with Crippen LogP contribution in [-0.4, -0.2) is 8.42 Å². The molecule has 0 fully saturated rings. The topological polar surface area (TPSA) is 57.9 Å². The lowest BCUT2D eigenvalue weighted by molar-refractivity contribution is 0.589. The van der Waals surface area contributed by atoms with Gasteiger partial charge in [-0.1, -0.05) is 28.1 Å². The molecule has 0 heterocycles. The summed E-state index contributed by atoms with van der Waals surface area (Å²) in [6, 6.07) is 11.2. The van der Waals surface area contributed by atoms with Crippen molar-refractivity contribution in [1.29, 1.82) is 5.26 Å². The van der Waals surface area contributed by atoms with E-state index in [2.05, 4.69) is 15.9 Å². The van der Waals surface area contributed by atoms with Gasteiger partial charge in [-0.25, -0.2) is 12.8 Å². The second-order valence-corrected chi connectivity index (χ2v) is 6.52. The Morgan fingerprint density at radius 1 is 1.16 bits per heavy atom. The summed E-state index contributed by atoms with van der Waals surface area (Å²) in [5, 5.41) is 8.90. The number of nitrogens with zero attached hydrogens (tertiary/aromatic N) is 1. The van der Waals surface area contributed by atoms with E-state index in [0.717, 1.165) is 6.07 Å². The predicted octanol–water partition coefficient (Wildman–Crippen LogP) is 3.29. The molecule has 6 heteroatoms. The van der Waals surface area contributed by atoms with E-state index in [1.165, 1.54) is 24.3 Å². The summed E-state index contributed by atoms with van der Waals surface area (Å²) in [6.45, 7) is 0. The molecule has 96 valence electrons. The normalized spacial score (nSPS) is 11.0. The van der Waals surface area contributed by atoms with Gasteiger partial charge in [0.2, 0.25) is 9.84 Å². The number of benzene rings is 2. The molecule has 2 rings (SSSR count). The van der Waals surface area contributed by atoms with E-state index in [1.807, 2.05) is 0 Å². The van der Waals surface area contributed by atoms with E-state index >= 15 is 0 Å². The highest BCUT2D eigenvalue weighted by Crippen LogP contribution is 2.26. The van der Waals surface area contributed by atoms with E-state index in [9.17, 15) is 12.8 Å². The number of halogens is 2. The summed E-state index contributed by atoms with van der Waals surface area (Å²) < 4.78 is 38.8. The molecular formula is C13H7BrFNO2S. The molecule has 0 aliphatic rings. The first kappa shape index (κ1) is 13.7. The van der Waals surface area contributed by atoms with E-state index in [4.69, 9.17) is 5.26 Å². The Labute approximate surface area is 118 Å². The highest BCUT2D eigenvalue weighted by molar-refractivity contribution is 9.10. The quantitative estimate of drug-likeness (QED) is 0.843. The van der Waals surface area contributed by atoms with Crippen LogP contribution in [0.2, 0.25) is 0 Å². The molecule has 2 aromatic carbocycles. The van der Waals surface area contributed by atoms with Crippen molar-refractivity contribution in [2.24, 2.45) is 0 Å². The molecule has 0 atom stereocenters. The van der Waals surface area contributed by atoms with Crippen molar-refractivity contribution in [3.05, 3.63) is 58.3 Å². The molecule has 3 nitrogen and oxygen atoms in total. The second kappa shape index (κ2) is 5.11. The summed E-state index contributed by atoms with van der Waals surface area (Å²) in [5.74, 6) is -0.849. The molecule has 0 radical (unpaired) electrons. The van der Waals surface area contributed by atoms with E-state index in [-0.39, 0.29) is 9.79 Å². The van der Waals surface area contributed by atoms with Gasteiger partial charge >= 0.3 is 0 Å². The van der Waals surface area contributed by atoms with Crippen molar-refractivity contribution in [1.82, 2.24) is 0 Å². The highest BCUT2D eigenvalue weighted by Gasteiger charge is 2.23. The Bertz CT molecular complexity index is 781. The number of rotatable bonds is 2. The van der Waals surface area contributed by atoms with Gasteiger partial charge < -0.3 is 0 Å². The van der Waals surface area contributed by atoms with Gasteiger partial charge in [0.1, 0.15) is 17.4 Å². The van der Waals surface area contributed by atoms with Crippen LogP contribution in [0.4, 0.5) is 4.39 Å². The van der Waals surface area contributed by atoms with E-state index in [1.54, 1.807) is 18.2 Å². The lowest BCUT2D eigenvalue weighted by atomic mass is 10.2. The molecule has 0 spiro atoms. The molecule has 0 aliphatic heterocycles. The smallest absolute Gasteiger partial charge is 0.208 e. The van der Waals surface area contributed by atoms with Gasteiger partial charge in [0.05, 0.1) is 9.79 Å². The fraction of sp³-hybridized carbons (Fsp3) is 0. The standard InChI is InChI=1S/C13H7BrFNO2S/c14-9-3-1-4-10(7-9)19(17,18)13-6-2-5-12(15)11(13)8-16/h1-7H. The van der Waals surface area contributed by atoms with E-state index in [0.29, 0.717) is 4.47 Å². The van der Waals surface area contributed by atoms with Crippen LogP contribution in [0.5, 0.6) is 0 Å². The van der Waals surface area contributed by atoms with Gasteiger partial charge in [0.25, 0.3) is 0 Å². The molecule has 0 amide bonds. The summed E-state index contributed by atoms with van der Waals surface area (Å²) in [7, 11) is -3.92. The molecule has 0 N–H and O–H groups in total. The third-order valence-electron chi connectivity index (χ3n) is 2.48. The predicted molar refractivity (Wildman–Crippen MR) is 70.7 cm³/mol. The summed E-state index contributed by atoms with van der Waals surface area (Å²) in [4.78, 5) is -0.322. The zero-order valence-corrected chi connectivity index (χ0v) is 11.9. The molecule has 19 heavy (non-hydrogen) atoms. The van der Waals surface area contributed by atoms with Crippen molar-refractivity contribution in [3.8, 4) is 6.07 Å². The Hall–Kier alpha value is -1.71. The van der Waals surface area contributed by atoms with Crippen LogP contribution in [0.15, 0.2) is 56.7 Å². The molecule has 0 bridgehead atoms. The SMILES string of the molecule is N#Cc1c(F)cccc1S(=O)(=O)c1cccc(Br)c1. The monoisotopic (exact) mass is 339 g/mol. The molecule has 0 saturated heterocycles. The van der Waals surface area contributed by atoms with Crippen molar-refractivity contribution in [3.63, 3.8) is 0 Å². The van der Waals surface area contributed by atoms with Crippen LogP contribution < -0.4 is 0 Å². The van der Waals surface area contributed by atoms with Crippen LogP contribution in [0, 0.1) is 17.1 Å². The largest absolute Gasteiger partial charge is 0.218 e. The van der Waals surface area contributed by atoms with Gasteiger partial charge in [0, 0.05) is 4.47 Å². The maximum absolute atomic E-state index is 13.5. The fourth-order valence-corrected chi connectivity index (χ4v) is 3.61. The number of hydrogen-bond acceptors (Lipinski definition) is 3. The van der Waals surface area contributed by atoms with Gasteiger partial charge in [-0.2, -0.15) is 5.26 Å². The van der Waals surface area contributed by atoms with Crippen molar-refractivity contribution in [2.45, 2.75) is 9.79 Å². The highest BCUT2D eigenvalue weighted by atomic mass is 79.9. The van der Waals surface area contributed by atoms with Crippen molar-refractivity contribution >= 4 is 25.8 Å². The molecular weight excluding hydrogens is 333 g/mol. The minimum atomic E-state index is -3.92. The maximum atomic E-state index is 13.5. The zero-order chi connectivity index (χ0) is 14.0. The van der Waals surface area contributed by atoms with Crippen LogP contribution in [-0.2, 0) is 9.84 Å². The average molecular weight is 340 g/mol. The minimum absolute atomic E-state index is 0.00368. The van der Waals surface area contributed by atoms with Crippen LogP contribution >= 0.6 is 15.9 Å². The number of sulfone groups is 1. The lowest BCUT2D eigenvalue weighted by Gasteiger charge is -2.07. The Morgan fingerprint density at radius 3 is 2.47 bits per heavy atom. The Balaban J connectivity index is 2.72. The Kier molecular flexibility index (Phi) is 3.69. The lowest BCUT2D eigenvalue weighted by Crippen LogP contribution is -2.05. The zero-order valence-electron chi connectivity index (χ0n) is 9.47. The summed E-state index contributed by atoms with van der Waals surface area (Å²) >= 11 is 3.17. The first-order chi connectivity index (χ1) is 8.96. The Morgan fingerprint density at radius 2 is 1.84 bits per heavy atom.